The Kier molecular flexibility index (Phi) is 15.9. The summed E-state index contributed by atoms with van der Waals surface area (Å²) in [5, 5.41) is 29.1. The zero-order valence-electron chi connectivity index (χ0n) is 17.8. The first-order chi connectivity index (χ1) is 13.8. The normalized spacial score (nSPS) is 11.3. The minimum Gasteiger partial charge on any atom is -0.544 e. The van der Waals surface area contributed by atoms with Crippen molar-refractivity contribution in [3.63, 3.8) is 0 Å². The van der Waals surface area contributed by atoms with Crippen molar-refractivity contribution in [1.82, 2.24) is 0 Å². The van der Waals surface area contributed by atoms with Gasteiger partial charge in [-0.25, -0.2) is 9.59 Å². The molecule has 0 saturated heterocycles. The Morgan fingerprint density at radius 1 is 0.690 bits per heavy atom. The van der Waals surface area contributed by atoms with Crippen molar-refractivity contribution in [3.8, 4) is 0 Å². The van der Waals surface area contributed by atoms with Gasteiger partial charge in [-0.1, -0.05) is 63.9 Å². The molecule has 7 heteroatoms. The fourth-order valence-corrected chi connectivity index (χ4v) is 3.76. The Morgan fingerprint density at radius 3 is 1.41 bits per heavy atom. The van der Waals surface area contributed by atoms with Gasteiger partial charge in [0.25, 0.3) is 0 Å². The highest BCUT2D eigenvalue weighted by atomic mass is 16.4. The van der Waals surface area contributed by atoms with E-state index in [0.717, 1.165) is 25.7 Å². The molecule has 0 aromatic carbocycles. The summed E-state index contributed by atoms with van der Waals surface area (Å²) in [7, 11) is 0. The van der Waals surface area contributed by atoms with Gasteiger partial charge in [0.1, 0.15) is 6.54 Å². The number of rotatable bonds is 21. The van der Waals surface area contributed by atoms with Crippen molar-refractivity contribution in [2.45, 2.75) is 83.5 Å². The van der Waals surface area contributed by atoms with Gasteiger partial charge in [0.05, 0.1) is 12.5 Å². The quantitative estimate of drug-likeness (QED) is 0.170. The molecule has 0 bridgehead atoms. The molecular formula is C22H39NO6. The molecule has 0 rings (SSSR count). The Balaban J connectivity index is 3.94. The number of unbranched alkanes of at least 4 members (excludes halogenated alkanes) is 12. The van der Waals surface area contributed by atoms with Gasteiger partial charge in [0, 0.05) is 0 Å². The molecule has 0 aliphatic carbocycles. The third kappa shape index (κ3) is 16.7. The molecule has 0 unspecified atom stereocenters. The molecule has 0 atom stereocenters. The number of quaternary nitrogens is 1. The first kappa shape index (κ1) is 27.1. The molecule has 0 spiro atoms. The fourth-order valence-electron chi connectivity index (χ4n) is 3.76. The summed E-state index contributed by atoms with van der Waals surface area (Å²) in [5.41, 5.74) is 0. The van der Waals surface area contributed by atoms with Gasteiger partial charge in [-0.3, -0.25) is 0 Å². The number of carboxylic acids is 3. The summed E-state index contributed by atoms with van der Waals surface area (Å²) < 4.78 is -0.500. The number of carbonyl (C=O) groups excluding carboxylic acids is 1. The predicted molar refractivity (Wildman–Crippen MR) is 110 cm³/mol. The zero-order valence-corrected chi connectivity index (χ0v) is 17.8. The lowest BCUT2D eigenvalue weighted by Gasteiger charge is -2.36. The van der Waals surface area contributed by atoms with Crippen LogP contribution < -0.4 is 5.11 Å². The molecule has 0 aromatic heterocycles. The summed E-state index contributed by atoms with van der Waals surface area (Å²) in [6.07, 6.45) is 16.7. The van der Waals surface area contributed by atoms with Crippen molar-refractivity contribution in [2.75, 3.05) is 26.2 Å². The van der Waals surface area contributed by atoms with Gasteiger partial charge in [-0.05, 0) is 25.7 Å². The second kappa shape index (κ2) is 17.0. The van der Waals surface area contributed by atoms with Crippen molar-refractivity contribution in [1.29, 1.82) is 0 Å². The van der Waals surface area contributed by atoms with Crippen LogP contribution in [0.1, 0.15) is 83.5 Å². The maximum atomic E-state index is 11.1. The van der Waals surface area contributed by atoms with E-state index >= 15 is 0 Å². The number of hydrogen-bond donors (Lipinski definition) is 2. The van der Waals surface area contributed by atoms with Crippen LogP contribution in [0.2, 0.25) is 0 Å². The molecule has 0 fully saturated rings. The molecule has 0 saturated carbocycles. The second-order valence-corrected chi connectivity index (χ2v) is 8.02. The van der Waals surface area contributed by atoms with Gasteiger partial charge in [0.15, 0.2) is 13.1 Å². The van der Waals surface area contributed by atoms with Gasteiger partial charge in [-0.2, -0.15) is 0 Å². The lowest BCUT2D eigenvalue weighted by molar-refractivity contribution is -0.909. The number of carboxylic acid groups (broad SMARTS) is 3. The second-order valence-electron chi connectivity index (χ2n) is 8.02. The van der Waals surface area contributed by atoms with Crippen LogP contribution in [0.25, 0.3) is 0 Å². The predicted octanol–water partition coefficient (Wildman–Crippen LogP) is 2.98. The third-order valence-electron chi connectivity index (χ3n) is 5.20. The Labute approximate surface area is 175 Å². The molecule has 0 radical (unpaired) electrons. The molecule has 0 aromatic rings. The first-order valence-corrected chi connectivity index (χ1v) is 10.9. The van der Waals surface area contributed by atoms with Crippen LogP contribution in [-0.2, 0) is 14.4 Å². The van der Waals surface area contributed by atoms with E-state index in [-0.39, 0.29) is 6.54 Å². The molecule has 2 N–H and O–H groups in total. The van der Waals surface area contributed by atoms with Crippen molar-refractivity contribution in [2.24, 2.45) is 0 Å². The van der Waals surface area contributed by atoms with Crippen LogP contribution >= 0.6 is 0 Å². The van der Waals surface area contributed by atoms with E-state index in [0.29, 0.717) is 6.42 Å². The summed E-state index contributed by atoms with van der Waals surface area (Å²) in [4.78, 5) is 33.2. The zero-order chi connectivity index (χ0) is 22.0. The van der Waals surface area contributed by atoms with E-state index in [1.54, 1.807) is 0 Å². The van der Waals surface area contributed by atoms with E-state index in [4.69, 9.17) is 10.2 Å². The molecule has 168 valence electrons. The van der Waals surface area contributed by atoms with Crippen LogP contribution in [0.4, 0.5) is 0 Å². The fraction of sp³-hybridized carbons (Fsp3) is 0.773. The van der Waals surface area contributed by atoms with Gasteiger partial charge in [-0.15, -0.1) is 6.58 Å². The number of carbonyl (C=O) groups is 3. The minimum atomic E-state index is -1.42. The molecular weight excluding hydrogens is 374 g/mol. The van der Waals surface area contributed by atoms with Crippen LogP contribution in [0.5, 0.6) is 0 Å². The smallest absolute Gasteiger partial charge is 0.359 e. The Bertz CT molecular complexity index is 451. The van der Waals surface area contributed by atoms with Crippen molar-refractivity contribution in [3.05, 3.63) is 12.7 Å². The summed E-state index contributed by atoms with van der Waals surface area (Å²) in [5.74, 6) is -3.82. The standard InChI is InChI=1S/C22H39NO6/c1-2-3-4-5-6-7-8-9-10-11-12-13-14-15-16-23(17-20(24)25,18-21(26)27)19-22(28)29/h2H,1,3-19H2,(H2-,24,25,26,27,28,29). The molecule has 0 heterocycles. The highest BCUT2D eigenvalue weighted by Gasteiger charge is 2.33. The molecule has 7 nitrogen and oxygen atoms in total. The minimum absolute atomic E-state index is 0.221. The van der Waals surface area contributed by atoms with E-state index in [9.17, 15) is 19.5 Å². The van der Waals surface area contributed by atoms with Crippen LogP contribution in [0.3, 0.4) is 0 Å². The summed E-state index contributed by atoms with van der Waals surface area (Å²) in [6.45, 7) is 2.32. The molecule has 0 aliphatic rings. The topological polar surface area (TPSA) is 115 Å². The van der Waals surface area contributed by atoms with E-state index in [2.05, 4.69) is 6.58 Å². The summed E-state index contributed by atoms with van der Waals surface area (Å²) >= 11 is 0. The van der Waals surface area contributed by atoms with Crippen molar-refractivity contribution < 1.29 is 34.2 Å². The van der Waals surface area contributed by atoms with E-state index < -0.39 is 42.0 Å². The number of nitrogens with zero attached hydrogens (tertiary/aromatic N) is 1. The van der Waals surface area contributed by atoms with Gasteiger partial charge < -0.3 is 24.6 Å². The molecule has 0 aliphatic heterocycles. The van der Waals surface area contributed by atoms with E-state index in [1.807, 2.05) is 6.08 Å². The average molecular weight is 414 g/mol. The maximum Gasteiger partial charge on any atom is 0.359 e. The van der Waals surface area contributed by atoms with Crippen LogP contribution in [0, 0.1) is 0 Å². The maximum absolute atomic E-state index is 11.1. The average Bonchev–Trinajstić information content (AvgIpc) is 2.60. The monoisotopic (exact) mass is 413 g/mol. The number of aliphatic carboxylic acids is 3. The van der Waals surface area contributed by atoms with Crippen LogP contribution in [-0.4, -0.2) is 58.8 Å². The highest BCUT2D eigenvalue weighted by Crippen LogP contribution is 2.15. The third-order valence-corrected chi connectivity index (χ3v) is 5.20. The van der Waals surface area contributed by atoms with Gasteiger partial charge >= 0.3 is 11.9 Å². The lowest BCUT2D eigenvalue weighted by atomic mass is 10.0. The van der Waals surface area contributed by atoms with Gasteiger partial charge in [0.2, 0.25) is 0 Å². The van der Waals surface area contributed by atoms with E-state index in [1.165, 1.54) is 51.4 Å². The Morgan fingerprint density at radius 2 is 1.07 bits per heavy atom. The lowest BCUT2D eigenvalue weighted by Crippen LogP contribution is -2.59. The van der Waals surface area contributed by atoms with Crippen LogP contribution in [0.15, 0.2) is 12.7 Å². The first-order valence-electron chi connectivity index (χ1n) is 10.9. The molecule has 0 amide bonds. The Hall–Kier alpha value is -1.89. The number of hydrogen-bond acceptors (Lipinski definition) is 4. The van der Waals surface area contributed by atoms with Crippen molar-refractivity contribution >= 4 is 17.9 Å². The molecule has 29 heavy (non-hydrogen) atoms. The summed E-state index contributed by atoms with van der Waals surface area (Å²) in [6, 6.07) is 0. The largest absolute Gasteiger partial charge is 0.544 e. The highest BCUT2D eigenvalue weighted by molar-refractivity contribution is 5.72. The SMILES string of the molecule is C=CCCCCCCCCCCCCCC[N+](CC(=O)[O-])(CC(=O)O)CC(=O)O. The number of allylic oxidation sites excluding steroid dienone is 1.